The number of ether oxygens (including phenoxy) is 4. The van der Waals surface area contributed by atoms with Gasteiger partial charge in [-0.25, -0.2) is 0 Å². The Morgan fingerprint density at radius 2 is 0.633 bits per heavy atom. The Morgan fingerprint density at radius 1 is 0.356 bits per heavy atom. The topological polar surface area (TPSA) is 228 Å². The van der Waals surface area contributed by atoms with Crippen LogP contribution in [0.1, 0.15) is 386 Å². The maximum absolute atomic E-state index is 13.4. The van der Waals surface area contributed by atoms with Crippen LogP contribution >= 0.6 is 0 Å². The summed E-state index contributed by atoms with van der Waals surface area (Å²) in [6.45, 7) is 2.94. The molecule has 0 bridgehead atoms. The molecule has 2 aliphatic rings. The minimum Gasteiger partial charge on any atom is -0.394 e. The van der Waals surface area contributed by atoms with Crippen molar-refractivity contribution in [2.45, 2.75) is 460 Å². The van der Waals surface area contributed by atoms with E-state index in [1.807, 2.05) is 0 Å². The molecule has 0 spiro atoms. The van der Waals surface area contributed by atoms with Crippen molar-refractivity contribution in [1.82, 2.24) is 5.32 Å². The maximum Gasteiger partial charge on any atom is 0.220 e. The van der Waals surface area contributed by atoms with Gasteiger partial charge < -0.3 is 65.1 Å². The number of amides is 1. The van der Waals surface area contributed by atoms with E-state index in [9.17, 15) is 45.6 Å². The minimum atomic E-state index is -1.78. The Hall–Kier alpha value is -1.01. The van der Waals surface area contributed by atoms with Crippen LogP contribution in [0, 0.1) is 0 Å². The highest BCUT2D eigenvalue weighted by Gasteiger charge is 2.51. The quantitative estimate of drug-likeness (QED) is 0.0259. The molecule has 536 valence electrons. The van der Waals surface area contributed by atoms with Gasteiger partial charge in [0.1, 0.15) is 48.8 Å². The lowest BCUT2D eigenvalue weighted by atomic mass is 9.97. The fourth-order valence-electron chi connectivity index (χ4n) is 13.6. The summed E-state index contributed by atoms with van der Waals surface area (Å²) in [6.07, 6.45) is 58.6. The van der Waals surface area contributed by atoms with Gasteiger partial charge in [0.25, 0.3) is 0 Å². The molecule has 90 heavy (non-hydrogen) atoms. The Bertz CT molecular complexity index is 1510. The van der Waals surface area contributed by atoms with E-state index in [0.29, 0.717) is 12.8 Å². The lowest BCUT2D eigenvalue weighted by Crippen LogP contribution is -2.65. The Balaban J connectivity index is 1.58. The third kappa shape index (κ3) is 44.7. The van der Waals surface area contributed by atoms with Gasteiger partial charge in [0, 0.05) is 6.42 Å². The van der Waals surface area contributed by atoms with Crippen LogP contribution in [0.15, 0.2) is 0 Å². The van der Waals surface area contributed by atoms with Crippen LogP contribution in [-0.4, -0.2) is 140 Å². The van der Waals surface area contributed by atoms with Gasteiger partial charge in [-0.2, -0.15) is 0 Å². The molecule has 2 fully saturated rings. The fraction of sp³-hybridized carbons (Fsp3) is 0.987. The first kappa shape index (κ1) is 85.1. The monoisotopic (exact) mass is 1280 g/mol. The average molecular weight is 1290 g/mol. The number of aliphatic hydroxyl groups excluding tert-OH is 8. The Morgan fingerprint density at radius 3 is 0.944 bits per heavy atom. The van der Waals surface area contributed by atoms with Crippen molar-refractivity contribution < 1.29 is 64.6 Å². The number of rotatable bonds is 67. The molecule has 0 aromatic rings. The van der Waals surface area contributed by atoms with Crippen LogP contribution in [0.2, 0.25) is 0 Å². The van der Waals surface area contributed by atoms with Crippen molar-refractivity contribution >= 4 is 5.91 Å². The predicted octanol–water partition coefficient (Wildman–Crippen LogP) is 17.1. The summed E-state index contributed by atoms with van der Waals surface area (Å²) in [5.74, 6) is -0.195. The number of aliphatic hydroxyl groups is 8. The van der Waals surface area contributed by atoms with E-state index in [1.165, 1.54) is 308 Å². The molecule has 14 heteroatoms. The molecule has 2 saturated heterocycles. The SMILES string of the molecule is CCCCCCCCCCCCCCCCCCCCCCCCCCCCCCCCCCCCCC(=O)NC(COC1OC(CO)C(OC2OC(CO)C(O)C(O)C2O)C(O)C1O)C(O)CCCCCCCCCCCCCCCCCCCCCCC. The van der Waals surface area contributed by atoms with Gasteiger partial charge >= 0.3 is 0 Å². The third-order valence-electron chi connectivity index (χ3n) is 19.8. The highest BCUT2D eigenvalue weighted by molar-refractivity contribution is 5.76. The summed E-state index contributed by atoms with van der Waals surface area (Å²) in [5, 5.41) is 87.7. The molecule has 0 aliphatic carbocycles. The summed E-state index contributed by atoms with van der Waals surface area (Å²) < 4.78 is 23.0. The number of unbranched alkanes of at least 4 members (excludes halogenated alkanes) is 54. The van der Waals surface area contributed by atoms with Crippen LogP contribution in [0.3, 0.4) is 0 Å². The van der Waals surface area contributed by atoms with E-state index < -0.39 is 86.8 Å². The van der Waals surface area contributed by atoms with Gasteiger partial charge in [-0.15, -0.1) is 0 Å². The first-order chi connectivity index (χ1) is 44.1. The van der Waals surface area contributed by atoms with E-state index in [2.05, 4.69) is 19.2 Å². The third-order valence-corrected chi connectivity index (χ3v) is 19.8. The smallest absolute Gasteiger partial charge is 0.220 e. The number of hydrogen-bond donors (Lipinski definition) is 9. The largest absolute Gasteiger partial charge is 0.394 e. The zero-order valence-electron chi connectivity index (χ0n) is 58.7. The van der Waals surface area contributed by atoms with Crippen LogP contribution < -0.4 is 5.32 Å². The molecule has 2 rings (SSSR count). The van der Waals surface area contributed by atoms with Crippen LogP contribution in [0.5, 0.6) is 0 Å². The number of hydrogen-bond acceptors (Lipinski definition) is 13. The summed E-state index contributed by atoms with van der Waals surface area (Å²) >= 11 is 0. The van der Waals surface area contributed by atoms with Gasteiger partial charge in [-0.05, 0) is 12.8 Å². The molecular weight excluding hydrogens is 1130 g/mol. The second-order valence-corrected chi connectivity index (χ2v) is 28.2. The van der Waals surface area contributed by atoms with Crippen LogP contribution in [0.25, 0.3) is 0 Å². The lowest BCUT2D eigenvalue weighted by Gasteiger charge is -2.46. The molecule has 12 atom stereocenters. The Labute approximate surface area is 553 Å². The molecule has 0 saturated carbocycles. The van der Waals surface area contributed by atoms with Crippen molar-refractivity contribution in [3.05, 3.63) is 0 Å². The van der Waals surface area contributed by atoms with Crippen molar-refractivity contribution in [2.75, 3.05) is 19.8 Å². The zero-order chi connectivity index (χ0) is 65.2. The van der Waals surface area contributed by atoms with Gasteiger partial charge in [0.2, 0.25) is 5.91 Å². The molecule has 1 amide bonds. The molecule has 2 heterocycles. The molecule has 2 aliphatic heterocycles. The summed E-state index contributed by atoms with van der Waals surface area (Å²) in [4.78, 5) is 13.4. The van der Waals surface area contributed by atoms with Crippen LogP contribution in [0.4, 0.5) is 0 Å². The van der Waals surface area contributed by atoms with Gasteiger partial charge in [-0.3, -0.25) is 4.79 Å². The van der Waals surface area contributed by atoms with Crippen molar-refractivity contribution in [3.8, 4) is 0 Å². The Kier molecular flexibility index (Phi) is 58.2. The first-order valence-electron chi connectivity index (χ1n) is 39.3. The summed E-state index contributed by atoms with van der Waals surface area (Å²) in [7, 11) is 0. The van der Waals surface area contributed by atoms with E-state index in [1.54, 1.807) is 0 Å². The van der Waals surface area contributed by atoms with Crippen molar-refractivity contribution in [1.29, 1.82) is 0 Å². The van der Waals surface area contributed by atoms with Gasteiger partial charge in [0.05, 0.1) is 32.0 Å². The molecule has 14 nitrogen and oxygen atoms in total. The highest BCUT2D eigenvalue weighted by atomic mass is 16.7. The second kappa shape index (κ2) is 61.6. The van der Waals surface area contributed by atoms with Gasteiger partial charge in [0.15, 0.2) is 12.6 Å². The zero-order valence-corrected chi connectivity index (χ0v) is 58.7. The number of carbonyl (C=O) groups is 1. The number of nitrogens with one attached hydrogen (secondary N) is 1. The fourth-order valence-corrected chi connectivity index (χ4v) is 13.6. The number of carbonyl (C=O) groups excluding carboxylic acids is 1. The van der Waals surface area contributed by atoms with Crippen LogP contribution in [-0.2, 0) is 23.7 Å². The molecule has 0 radical (unpaired) electrons. The summed E-state index contributed by atoms with van der Waals surface area (Å²) in [6, 6.07) is -0.825. The molecule has 12 unspecified atom stereocenters. The molecular formula is C76H149NO13. The normalized spacial score (nSPS) is 22.8. The van der Waals surface area contributed by atoms with E-state index in [4.69, 9.17) is 18.9 Å². The first-order valence-corrected chi connectivity index (χ1v) is 39.3. The standard InChI is InChI=1S/C76H149NO13/c1-3-5-7-9-11-13-15-17-19-21-23-25-26-27-28-29-30-31-32-33-34-35-36-37-38-40-42-44-46-48-50-52-54-56-58-60-68(81)77-64(65(80)59-57-55-53-51-49-47-45-43-41-39-24-22-20-18-16-14-12-10-8-6-4-2)63-87-75-73(86)71(84)74(67(62-79)89-75)90-76-72(85)70(83)69(82)66(61-78)88-76/h64-67,69-76,78-80,82-86H,3-63H2,1-2H3,(H,77,81). The predicted molar refractivity (Wildman–Crippen MR) is 369 cm³/mol. The van der Waals surface area contributed by atoms with Crippen molar-refractivity contribution in [3.63, 3.8) is 0 Å². The average Bonchev–Trinajstić information content (AvgIpc) is 1.28. The second-order valence-electron chi connectivity index (χ2n) is 28.2. The van der Waals surface area contributed by atoms with Crippen molar-refractivity contribution in [2.24, 2.45) is 0 Å². The van der Waals surface area contributed by atoms with E-state index >= 15 is 0 Å². The van der Waals surface area contributed by atoms with Gasteiger partial charge in [-0.1, -0.05) is 367 Å². The summed E-state index contributed by atoms with van der Waals surface area (Å²) in [5.41, 5.74) is 0. The molecule has 0 aromatic carbocycles. The lowest BCUT2D eigenvalue weighted by molar-refractivity contribution is -0.359. The van der Waals surface area contributed by atoms with E-state index in [-0.39, 0.29) is 12.5 Å². The maximum atomic E-state index is 13.4. The van der Waals surface area contributed by atoms with E-state index in [0.717, 1.165) is 51.4 Å². The highest BCUT2D eigenvalue weighted by Crippen LogP contribution is 2.30. The molecule has 0 aromatic heterocycles. The minimum absolute atomic E-state index is 0.195. The molecule has 9 N–H and O–H groups in total.